The Balaban J connectivity index is 0.000000114. The average molecular weight is 1850 g/mol. The number of ether oxygens (including phenoxy) is 1. The Morgan fingerprint density at radius 3 is 0.986 bits per heavy atom. The quantitative estimate of drug-likeness (QED) is 0.0608. The summed E-state index contributed by atoms with van der Waals surface area (Å²) < 4.78 is 50.9. The van der Waals surface area contributed by atoms with Crippen LogP contribution in [0.3, 0.4) is 0 Å². The molecule has 2 saturated heterocycles. The largest absolute Gasteiger partial charge is 0.379 e. The van der Waals surface area contributed by atoms with Gasteiger partial charge in [0.15, 0.2) is 0 Å². The van der Waals surface area contributed by atoms with Crippen molar-refractivity contribution in [2.24, 2.45) is 29.1 Å². The Morgan fingerprint density at radius 2 is 0.640 bits per heavy atom. The highest BCUT2D eigenvalue weighted by Gasteiger charge is 2.44. The summed E-state index contributed by atoms with van der Waals surface area (Å²) in [6.07, 6.45) is 56.9. The molecule has 0 unspecified atom stereocenters. The number of aromatic nitrogens is 20. The highest BCUT2D eigenvalue weighted by atomic mass is 19.1. The molecular formula is C108H108F2N28O. The van der Waals surface area contributed by atoms with E-state index in [-0.39, 0.29) is 52.6 Å². The van der Waals surface area contributed by atoms with E-state index in [9.17, 15) is 26.3 Å². The topological polar surface area (TPSA) is 350 Å². The minimum Gasteiger partial charge on any atom is -0.379 e. The number of fused-ring (bicyclic) bond motifs is 4. The van der Waals surface area contributed by atoms with E-state index in [4.69, 9.17) is 25.0 Å². The van der Waals surface area contributed by atoms with Crippen LogP contribution in [0.2, 0.25) is 0 Å². The maximum atomic E-state index is 15.3. The molecule has 0 radical (unpaired) electrons. The van der Waals surface area contributed by atoms with Crippen molar-refractivity contribution in [1.82, 2.24) is 107 Å². The first kappa shape index (κ1) is 91.6. The van der Waals surface area contributed by atoms with E-state index in [1.807, 2.05) is 98.5 Å². The van der Waals surface area contributed by atoms with Gasteiger partial charge in [0, 0.05) is 204 Å². The first-order chi connectivity index (χ1) is 68.3. The van der Waals surface area contributed by atoms with Gasteiger partial charge in [-0.05, 0) is 187 Å². The Morgan fingerprint density at radius 1 is 0.324 bits per heavy atom. The van der Waals surface area contributed by atoms with Crippen LogP contribution in [0, 0.1) is 109 Å². The SMILES string of the molecule is N#CC1CCC(c2nccn3ncc(-c4ccc(-c5cnn(CC6(C#N)CC6)c5)c(F)c4)c23)CC1.N#CC1CCC(c2nccn3ncc(-c4ccc(-c5cnn(CCN6CCCC6)c5)cc4)c23)CC1.N#CC1CCC(c2nccn3ncc(-c4ccc(-c5cnn(CCN6CCOCC6)c5)cc4)c23)CC1.N#CCCn1cc(-c2ccc(-c3cnn4ccnc(C5CCC(C#N)CC5)c34)cc2F)cn1. The molecule has 23 rings (SSSR count). The number of halogens is 2. The van der Waals surface area contributed by atoms with Crippen molar-refractivity contribution in [3.63, 3.8) is 0 Å². The fourth-order valence-corrected chi connectivity index (χ4v) is 21.1. The van der Waals surface area contributed by atoms with E-state index in [0.717, 1.165) is 274 Å². The molecule has 0 bridgehead atoms. The Kier molecular flexibility index (Phi) is 27.6. The van der Waals surface area contributed by atoms with Gasteiger partial charge in [0.1, 0.15) is 11.6 Å². The van der Waals surface area contributed by atoms with E-state index < -0.39 is 0 Å². The molecular weight excluding hydrogens is 1740 g/mol. The maximum absolute atomic E-state index is 15.3. The number of nitriles is 6. The molecule has 31 heteroatoms. The van der Waals surface area contributed by atoms with Gasteiger partial charge in [-0.25, -0.2) is 26.8 Å². The monoisotopic (exact) mass is 1850 g/mol. The summed E-state index contributed by atoms with van der Waals surface area (Å²) in [4.78, 5) is 23.9. The Bertz CT molecular complexity index is 7280. The first-order valence-corrected chi connectivity index (χ1v) is 48.9. The molecule has 7 fully saturated rings. The highest BCUT2D eigenvalue weighted by molar-refractivity contribution is 5.87. The zero-order valence-corrected chi connectivity index (χ0v) is 77.8. The molecule has 5 saturated carbocycles. The van der Waals surface area contributed by atoms with Gasteiger partial charge in [-0.1, -0.05) is 72.8 Å². The van der Waals surface area contributed by atoms with Crippen LogP contribution in [0.5, 0.6) is 0 Å². The number of aryl methyl sites for hydroxylation is 1. The Labute approximate surface area is 804 Å². The number of rotatable bonds is 22. The van der Waals surface area contributed by atoms with Crippen molar-refractivity contribution in [1.29, 1.82) is 31.6 Å². The summed E-state index contributed by atoms with van der Waals surface area (Å²) >= 11 is 0. The van der Waals surface area contributed by atoms with Gasteiger partial charge in [-0.3, -0.25) is 43.6 Å². The summed E-state index contributed by atoms with van der Waals surface area (Å²) in [6, 6.07) is 41.9. The lowest BCUT2D eigenvalue weighted by molar-refractivity contribution is 0.0360. The van der Waals surface area contributed by atoms with Crippen molar-refractivity contribution >= 4 is 22.1 Å². The van der Waals surface area contributed by atoms with Gasteiger partial charge < -0.3 is 9.64 Å². The van der Waals surface area contributed by atoms with E-state index in [1.54, 1.807) is 75.5 Å². The van der Waals surface area contributed by atoms with Gasteiger partial charge in [0.05, 0.1) is 182 Å². The molecule has 139 heavy (non-hydrogen) atoms. The second-order valence-electron chi connectivity index (χ2n) is 38.1. The zero-order chi connectivity index (χ0) is 94.7. The second-order valence-corrected chi connectivity index (χ2v) is 38.1. The third-order valence-electron chi connectivity index (χ3n) is 29.4. The van der Waals surface area contributed by atoms with Gasteiger partial charge in [-0.15, -0.1) is 0 Å². The number of hydrogen-bond donors (Lipinski definition) is 0. The number of benzene rings is 4. The molecule has 2 aliphatic heterocycles. The van der Waals surface area contributed by atoms with Crippen LogP contribution in [-0.4, -0.2) is 160 Å². The third kappa shape index (κ3) is 20.4. The molecule has 0 spiro atoms. The van der Waals surface area contributed by atoms with Crippen molar-refractivity contribution in [3.05, 3.63) is 243 Å². The summed E-state index contributed by atoms with van der Waals surface area (Å²) in [5, 5.41) is 91.1. The maximum Gasteiger partial charge on any atom is 0.131 e. The fraction of sp³-hybridized carbons (Fsp3) is 0.389. The van der Waals surface area contributed by atoms with Crippen LogP contribution in [-0.2, 0) is 30.9 Å². The standard InChI is InChI=1S/C28H31N7O.C28H31N7.C27H24FN7.C25H22FN7/c29-17-21-1-3-24(4-2-21)27-28-26(19-32-35(28)10-9-30-27)23-7-5-22(6-8-23)25-18-31-34(20-25)12-11-33-13-15-36-16-14-33;29-17-21-3-5-24(6-4-21)27-28-26(19-32-35(28)14-11-30-27)23-9-7-22(8-10-23)25-18-31-34(20-25)16-15-33-12-1-2-13-33;28-24-11-20(5-6-22(24)21-13-32-34(15-21)17-27(16-30)7-8-27)23-14-33-35-10-9-31-25(26(23)35)19-3-1-18(12-29)2-4-19;26-23-12-19(6-7-21(23)20-14-30-32(16-20)10-1-8-27)22-15-31-33-11-9-29-24(25(22)33)18-4-2-17(13-28)3-5-18/h5-10,18-21,24H,1-4,11-16H2;7-11,14,18-21,24H,1-6,12-13,15-16H2;5-6,9-11,13-15,18-19H,1-4,7-8,17H2;6-7,9,11-12,14-18H,1-5,10H2. The minimum atomic E-state index is -0.341. The van der Waals surface area contributed by atoms with Crippen LogP contribution in [0.25, 0.3) is 111 Å². The van der Waals surface area contributed by atoms with Crippen molar-refractivity contribution in [3.8, 4) is 125 Å². The summed E-state index contributed by atoms with van der Waals surface area (Å²) in [5.74, 6) is 1.21. The molecule has 5 aliphatic carbocycles. The molecule has 0 atom stereocenters. The lowest BCUT2D eigenvalue weighted by Gasteiger charge is -2.26. The predicted molar refractivity (Wildman–Crippen MR) is 520 cm³/mol. The van der Waals surface area contributed by atoms with E-state index in [2.05, 4.69) is 158 Å². The molecule has 16 aromatic rings. The zero-order valence-electron chi connectivity index (χ0n) is 77.8. The fourth-order valence-electron chi connectivity index (χ4n) is 21.1. The number of morpholine rings is 1. The molecule has 0 amide bonds. The van der Waals surface area contributed by atoms with E-state index >= 15 is 8.78 Å². The summed E-state index contributed by atoms with van der Waals surface area (Å²) in [7, 11) is 0. The molecule has 29 nitrogen and oxygen atoms in total. The van der Waals surface area contributed by atoms with Crippen LogP contribution < -0.4 is 0 Å². The lowest BCUT2D eigenvalue weighted by atomic mass is 9.80. The summed E-state index contributed by atoms with van der Waals surface area (Å²) in [6.45, 7) is 11.0. The van der Waals surface area contributed by atoms with E-state index in [0.29, 0.717) is 53.6 Å². The minimum absolute atomic E-state index is 0.121. The van der Waals surface area contributed by atoms with Crippen LogP contribution in [0.15, 0.2) is 209 Å². The van der Waals surface area contributed by atoms with Crippen LogP contribution in [0.1, 0.15) is 181 Å². The molecule has 14 heterocycles. The van der Waals surface area contributed by atoms with Crippen LogP contribution >= 0.6 is 0 Å². The van der Waals surface area contributed by atoms with Gasteiger partial charge in [0.25, 0.3) is 0 Å². The van der Waals surface area contributed by atoms with Crippen molar-refractivity contribution in [2.45, 2.75) is 185 Å². The molecule has 700 valence electrons. The molecule has 12 aromatic heterocycles. The van der Waals surface area contributed by atoms with Gasteiger partial charge >= 0.3 is 0 Å². The lowest BCUT2D eigenvalue weighted by Crippen LogP contribution is -2.38. The second kappa shape index (κ2) is 41.8. The normalized spacial score (nSPS) is 20.3. The average Bonchev–Trinajstić information content (AvgIpc) is 1.66. The number of nitrogens with zero attached hydrogens (tertiary/aromatic N) is 28. The predicted octanol–water partition coefficient (Wildman–Crippen LogP) is 20.2. The number of likely N-dealkylation sites (tertiary alicyclic amines) is 1. The summed E-state index contributed by atoms with van der Waals surface area (Å²) in [5.41, 5.74) is 22.4. The van der Waals surface area contributed by atoms with E-state index in [1.165, 1.54) is 37.6 Å². The molecule has 7 aliphatic rings. The van der Waals surface area contributed by atoms with Crippen molar-refractivity contribution in [2.75, 3.05) is 52.5 Å². The molecule has 4 aromatic carbocycles. The highest BCUT2D eigenvalue weighted by Crippen LogP contribution is 2.48. The van der Waals surface area contributed by atoms with Crippen molar-refractivity contribution < 1.29 is 13.5 Å². The molecule has 0 N–H and O–H groups in total. The number of hydrogen-bond acceptors (Lipinski definition) is 21. The Hall–Kier alpha value is -15.1. The van der Waals surface area contributed by atoms with Crippen LogP contribution in [0.4, 0.5) is 8.78 Å². The smallest absolute Gasteiger partial charge is 0.131 e. The third-order valence-corrected chi connectivity index (χ3v) is 29.4. The van der Waals surface area contributed by atoms with Gasteiger partial charge in [0.2, 0.25) is 0 Å². The first-order valence-electron chi connectivity index (χ1n) is 48.9. The van der Waals surface area contributed by atoms with Gasteiger partial charge in [-0.2, -0.15) is 72.4 Å².